The Morgan fingerprint density at radius 2 is 2.10 bits per heavy atom. The van der Waals surface area contributed by atoms with Gasteiger partial charge in [0.05, 0.1) is 16.1 Å². The molecule has 108 valence electrons. The van der Waals surface area contributed by atoms with Crippen LogP contribution in [0.5, 0.6) is 5.75 Å². The highest BCUT2D eigenvalue weighted by atomic mass is 79.9. The molecule has 0 fully saturated rings. The first kappa shape index (κ1) is 15.8. The molecule has 0 bridgehead atoms. The maximum Gasteiger partial charge on any atom is 0.138 e. The molecule has 0 spiro atoms. The number of benzene rings is 2. The van der Waals surface area contributed by atoms with Gasteiger partial charge in [0.25, 0.3) is 0 Å². The van der Waals surface area contributed by atoms with Crippen molar-refractivity contribution in [2.45, 2.75) is 13.2 Å². The molecule has 2 aromatic carbocycles. The summed E-state index contributed by atoms with van der Waals surface area (Å²) in [7, 11) is 1.89. The van der Waals surface area contributed by atoms with E-state index >= 15 is 0 Å². The number of hydrogen-bond donors (Lipinski definition) is 1. The van der Waals surface area contributed by atoms with Gasteiger partial charge in [0.2, 0.25) is 0 Å². The largest absolute Gasteiger partial charge is 0.487 e. The zero-order valence-electron chi connectivity index (χ0n) is 11.5. The zero-order valence-corrected chi connectivity index (χ0v) is 13.8. The minimum Gasteiger partial charge on any atom is -0.487 e. The standard InChI is InChI=1S/C16H14BrClN2O/c1-20-9-12-3-2-4-14(17)16(12)21-10-13-6-5-11(8-19)7-15(13)18/h2-7,20H,9-10H2,1H3. The van der Waals surface area contributed by atoms with Crippen molar-refractivity contribution in [3.05, 3.63) is 62.6 Å². The van der Waals surface area contributed by atoms with Crippen LogP contribution < -0.4 is 10.1 Å². The lowest BCUT2D eigenvalue weighted by molar-refractivity contribution is 0.300. The average Bonchev–Trinajstić information content (AvgIpc) is 2.48. The predicted octanol–water partition coefficient (Wildman–Crippen LogP) is 4.27. The molecule has 0 amide bonds. The Morgan fingerprint density at radius 1 is 1.29 bits per heavy atom. The van der Waals surface area contributed by atoms with Crippen LogP contribution in [0.3, 0.4) is 0 Å². The second kappa shape index (κ2) is 7.46. The summed E-state index contributed by atoms with van der Waals surface area (Å²) >= 11 is 9.66. The van der Waals surface area contributed by atoms with Gasteiger partial charge in [-0.25, -0.2) is 0 Å². The summed E-state index contributed by atoms with van der Waals surface area (Å²) in [4.78, 5) is 0. The molecule has 0 aliphatic rings. The van der Waals surface area contributed by atoms with Crippen molar-refractivity contribution >= 4 is 27.5 Å². The van der Waals surface area contributed by atoms with E-state index in [-0.39, 0.29) is 0 Å². The first-order chi connectivity index (χ1) is 10.2. The summed E-state index contributed by atoms with van der Waals surface area (Å²) in [6.07, 6.45) is 0. The van der Waals surface area contributed by atoms with Crippen molar-refractivity contribution in [3.63, 3.8) is 0 Å². The van der Waals surface area contributed by atoms with Crippen LogP contribution in [0, 0.1) is 11.3 Å². The number of nitriles is 1. The van der Waals surface area contributed by atoms with Crippen molar-refractivity contribution < 1.29 is 4.74 Å². The first-order valence-electron chi connectivity index (χ1n) is 6.39. The Balaban J connectivity index is 2.19. The first-order valence-corrected chi connectivity index (χ1v) is 7.56. The van der Waals surface area contributed by atoms with E-state index < -0.39 is 0 Å². The molecular formula is C16H14BrClN2O. The second-order valence-corrected chi connectivity index (χ2v) is 5.73. The highest BCUT2D eigenvalue weighted by molar-refractivity contribution is 9.10. The van der Waals surface area contributed by atoms with E-state index in [1.807, 2.05) is 31.3 Å². The van der Waals surface area contributed by atoms with Gasteiger partial charge in [0.15, 0.2) is 0 Å². The number of para-hydroxylation sites is 1. The van der Waals surface area contributed by atoms with Gasteiger partial charge in [-0.2, -0.15) is 5.26 Å². The third-order valence-electron chi connectivity index (χ3n) is 2.97. The highest BCUT2D eigenvalue weighted by Gasteiger charge is 2.09. The maximum absolute atomic E-state index is 8.84. The molecule has 0 heterocycles. The summed E-state index contributed by atoms with van der Waals surface area (Å²) < 4.78 is 6.81. The fraction of sp³-hybridized carbons (Fsp3) is 0.188. The van der Waals surface area contributed by atoms with Gasteiger partial charge < -0.3 is 10.1 Å². The minimum atomic E-state index is 0.351. The third-order valence-corrected chi connectivity index (χ3v) is 3.95. The van der Waals surface area contributed by atoms with Crippen LogP contribution in [0.4, 0.5) is 0 Å². The Labute approximate surface area is 137 Å². The number of ether oxygens (including phenoxy) is 1. The third kappa shape index (κ3) is 3.98. The minimum absolute atomic E-state index is 0.351. The molecule has 0 saturated heterocycles. The van der Waals surface area contributed by atoms with Crippen LogP contribution in [0.2, 0.25) is 5.02 Å². The molecule has 0 aliphatic heterocycles. The Hall–Kier alpha value is -1.54. The molecule has 0 atom stereocenters. The van der Waals surface area contributed by atoms with Crippen molar-refractivity contribution in [1.29, 1.82) is 5.26 Å². The Morgan fingerprint density at radius 3 is 2.76 bits per heavy atom. The molecule has 1 N–H and O–H groups in total. The number of nitrogens with zero attached hydrogens (tertiary/aromatic N) is 1. The SMILES string of the molecule is CNCc1cccc(Br)c1OCc1ccc(C#N)cc1Cl. The number of nitrogens with one attached hydrogen (secondary N) is 1. The van der Waals surface area contributed by atoms with Gasteiger partial charge in [0, 0.05) is 22.7 Å². The van der Waals surface area contributed by atoms with Crippen molar-refractivity contribution in [3.8, 4) is 11.8 Å². The molecular weight excluding hydrogens is 352 g/mol. The van der Waals surface area contributed by atoms with E-state index in [0.29, 0.717) is 17.2 Å². The molecule has 0 radical (unpaired) electrons. The summed E-state index contributed by atoms with van der Waals surface area (Å²) in [6.45, 7) is 1.07. The topological polar surface area (TPSA) is 45.0 Å². The van der Waals surface area contributed by atoms with Crippen LogP contribution >= 0.6 is 27.5 Å². The molecule has 0 unspecified atom stereocenters. The van der Waals surface area contributed by atoms with E-state index in [0.717, 1.165) is 27.9 Å². The van der Waals surface area contributed by atoms with Gasteiger partial charge in [-0.3, -0.25) is 0 Å². The van der Waals surface area contributed by atoms with Crippen LogP contribution in [0.1, 0.15) is 16.7 Å². The molecule has 3 nitrogen and oxygen atoms in total. The van der Waals surface area contributed by atoms with E-state index in [1.54, 1.807) is 12.1 Å². The van der Waals surface area contributed by atoms with Crippen LogP contribution in [0.15, 0.2) is 40.9 Å². The Kier molecular flexibility index (Phi) is 5.63. The smallest absolute Gasteiger partial charge is 0.138 e. The van der Waals surface area contributed by atoms with Crippen LogP contribution in [-0.4, -0.2) is 7.05 Å². The maximum atomic E-state index is 8.84. The van der Waals surface area contributed by atoms with Gasteiger partial charge in [-0.05, 0) is 41.2 Å². The summed E-state index contributed by atoms with van der Waals surface area (Å²) in [6, 6.07) is 13.2. The number of rotatable bonds is 5. The normalized spacial score (nSPS) is 10.2. The van der Waals surface area contributed by atoms with Crippen molar-refractivity contribution in [1.82, 2.24) is 5.32 Å². The molecule has 21 heavy (non-hydrogen) atoms. The molecule has 5 heteroatoms. The highest BCUT2D eigenvalue weighted by Crippen LogP contribution is 2.30. The lowest BCUT2D eigenvalue weighted by Gasteiger charge is -2.14. The average molecular weight is 366 g/mol. The van der Waals surface area contributed by atoms with E-state index in [1.165, 1.54) is 0 Å². The summed E-state index contributed by atoms with van der Waals surface area (Å²) in [5, 5.41) is 12.5. The van der Waals surface area contributed by atoms with E-state index in [4.69, 9.17) is 21.6 Å². The lowest BCUT2D eigenvalue weighted by Crippen LogP contribution is -2.08. The fourth-order valence-corrected chi connectivity index (χ4v) is 2.69. The number of hydrogen-bond acceptors (Lipinski definition) is 3. The second-order valence-electron chi connectivity index (χ2n) is 4.47. The quantitative estimate of drug-likeness (QED) is 0.860. The molecule has 0 saturated carbocycles. The lowest BCUT2D eigenvalue weighted by atomic mass is 10.1. The van der Waals surface area contributed by atoms with Crippen molar-refractivity contribution in [2.75, 3.05) is 7.05 Å². The number of halogens is 2. The van der Waals surface area contributed by atoms with Gasteiger partial charge >= 0.3 is 0 Å². The molecule has 2 aromatic rings. The fourth-order valence-electron chi connectivity index (χ4n) is 1.93. The Bertz CT molecular complexity index is 682. The van der Waals surface area contributed by atoms with Gasteiger partial charge in [0.1, 0.15) is 12.4 Å². The molecule has 0 aliphatic carbocycles. The van der Waals surface area contributed by atoms with Gasteiger partial charge in [-0.15, -0.1) is 0 Å². The monoisotopic (exact) mass is 364 g/mol. The summed E-state index contributed by atoms with van der Waals surface area (Å²) in [5.74, 6) is 0.798. The summed E-state index contributed by atoms with van der Waals surface area (Å²) in [5.41, 5.74) is 2.46. The zero-order chi connectivity index (χ0) is 15.2. The van der Waals surface area contributed by atoms with E-state index in [2.05, 4.69) is 27.3 Å². The molecule has 0 aromatic heterocycles. The van der Waals surface area contributed by atoms with Gasteiger partial charge in [-0.1, -0.05) is 29.8 Å². The van der Waals surface area contributed by atoms with Crippen LogP contribution in [-0.2, 0) is 13.2 Å². The van der Waals surface area contributed by atoms with Crippen molar-refractivity contribution in [2.24, 2.45) is 0 Å². The molecule has 2 rings (SSSR count). The van der Waals surface area contributed by atoms with E-state index in [9.17, 15) is 0 Å². The van der Waals surface area contributed by atoms with Crippen LogP contribution in [0.25, 0.3) is 0 Å². The predicted molar refractivity (Wildman–Crippen MR) is 87.4 cm³/mol.